The first kappa shape index (κ1) is 10.4. The van der Waals surface area contributed by atoms with Gasteiger partial charge in [0.15, 0.2) is 0 Å². The van der Waals surface area contributed by atoms with Crippen LogP contribution in [0.5, 0.6) is 0 Å². The molecule has 1 N–H and O–H groups in total. The standard InChI is InChI=1S/C9H9ClO2S/c1-5(9(11)12)6-3-2-4-7(10)8(6)13/h2-5,13H,1H3,(H,11,12). The molecule has 0 aliphatic carbocycles. The molecule has 0 aliphatic heterocycles. The number of benzene rings is 1. The molecule has 0 bridgehead atoms. The molecular weight excluding hydrogens is 208 g/mol. The molecule has 0 fully saturated rings. The highest BCUT2D eigenvalue weighted by Gasteiger charge is 2.16. The van der Waals surface area contributed by atoms with Gasteiger partial charge in [0.25, 0.3) is 0 Å². The van der Waals surface area contributed by atoms with Crippen molar-refractivity contribution < 1.29 is 9.90 Å². The van der Waals surface area contributed by atoms with Gasteiger partial charge in [0, 0.05) is 4.90 Å². The van der Waals surface area contributed by atoms with Crippen molar-refractivity contribution in [3.8, 4) is 0 Å². The lowest BCUT2D eigenvalue weighted by Crippen LogP contribution is -2.08. The van der Waals surface area contributed by atoms with Gasteiger partial charge in [0.1, 0.15) is 0 Å². The molecule has 4 heteroatoms. The highest BCUT2D eigenvalue weighted by atomic mass is 35.5. The second-order valence-electron chi connectivity index (χ2n) is 2.74. The Kier molecular flexibility index (Phi) is 3.22. The third-order valence-corrected chi connectivity index (χ3v) is 2.80. The first-order valence-electron chi connectivity index (χ1n) is 3.74. The molecule has 1 unspecified atom stereocenters. The molecule has 13 heavy (non-hydrogen) atoms. The normalized spacial score (nSPS) is 12.5. The third kappa shape index (κ3) is 2.17. The molecule has 1 aromatic carbocycles. The van der Waals surface area contributed by atoms with Crippen LogP contribution in [0.25, 0.3) is 0 Å². The number of carbonyl (C=O) groups is 1. The van der Waals surface area contributed by atoms with E-state index in [4.69, 9.17) is 16.7 Å². The average molecular weight is 217 g/mol. The highest BCUT2D eigenvalue weighted by Crippen LogP contribution is 2.29. The summed E-state index contributed by atoms with van der Waals surface area (Å²) in [5, 5.41) is 9.25. The summed E-state index contributed by atoms with van der Waals surface area (Å²) in [5.41, 5.74) is 0.642. The Morgan fingerprint density at radius 2 is 2.23 bits per heavy atom. The molecule has 0 radical (unpaired) electrons. The van der Waals surface area contributed by atoms with Crippen LogP contribution in [-0.4, -0.2) is 11.1 Å². The number of halogens is 1. The summed E-state index contributed by atoms with van der Waals surface area (Å²) in [6.45, 7) is 1.60. The van der Waals surface area contributed by atoms with E-state index in [9.17, 15) is 4.79 Å². The fraction of sp³-hybridized carbons (Fsp3) is 0.222. The summed E-state index contributed by atoms with van der Waals surface area (Å²) in [4.78, 5) is 11.2. The molecule has 0 heterocycles. The molecular formula is C9H9ClO2S. The SMILES string of the molecule is CC(C(=O)O)c1cccc(Cl)c1S. The summed E-state index contributed by atoms with van der Waals surface area (Å²) < 4.78 is 0. The maximum atomic E-state index is 10.7. The van der Waals surface area contributed by atoms with E-state index >= 15 is 0 Å². The first-order valence-corrected chi connectivity index (χ1v) is 4.56. The van der Waals surface area contributed by atoms with Gasteiger partial charge in [-0.2, -0.15) is 0 Å². The van der Waals surface area contributed by atoms with Crippen LogP contribution in [0, 0.1) is 0 Å². The molecule has 2 nitrogen and oxygen atoms in total. The number of hydrogen-bond donors (Lipinski definition) is 2. The second kappa shape index (κ2) is 4.03. The second-order valence-corrected chi connectivity index (χ2v) is 3.59. The van der Waals surface area contributed by atoms with Gasteiger partial charge in [-0.3, -0.25) is 4.79 Å². The van der Waals surface area contributed by atoms with Gasteiger partial charge in [-0.05, 0) is 18.6 Å². The average Bonchev–Trinajstić information content (AvgIpc) is 2.08. The number of rotatable bonds is 2. The summed E-state index contributed by atoms with van der Waals surface area (Å²) >= 11 is 9.94. The van der Waals surface area contributed by atoms with Gasteiger partial charge in [-0.25, -0.2) is 0 Å². The lowest BCUT2D eigenvalue weighted by Gasteiger charge is -2.09. The lowest BCUT2D eigenvalue weighted by atomic mass is 10.0. The lowest BCUT2D eigenvalue weighted by molar-refractivity contribution is -0.138. The molecule has 0 aliphatic rings. The monoisotopic (exact) mass is 216 g/mol. The van der Waals surface area contributed by atoms with Gasteiger partial charge in [0.05, 0.1) is 10.9 Å². The maximum Gasteiger partial charge on any atom is 0.310 e. The number of carboxylic acids is 1. The zero-order valence-corrected chi connectivity index (χ0v) is 8.64. The molecule has 0 amide bonds. The minimum Gasteiger partial charge on any atom is -0.481 e. The largest absolute Gasteiger partial charge is 0.481 e. The van der Waals surface area contributed by atoms with E-state index < -0.39 is 11.9 Å². The van der Waals surface area contributed by atoms with Crippen LogP contribution in [0.4, 0.5) is 0 Å². The van der Waals surface area contributed by atoms with Gasteiger partial charge in [0.2, 0.25) is 0 Å². The summed E-state index contributed by atoms with van der Waals surface area (Å²) in [5.74, 6) is -1.45. The number of thiol groups is 1. The Morgan fingerprint density at radius 1 is 1.62 bits per heavy atom. The highest BCUT2D eigenvalue weighted by molar-refractivity contribution is 7.80. The minimum absolute atomic E-state index is 0.480. The Hall–Kier alpha value is -0.670. The van der Waals surface area contributed by atoms with E-state index in [1.807, 2.05) is 0 Å². The van der Waals surface area contributed by atoms with Crippen LogP contribution in [0.15, 0.2) is 23.1 Å². The van der Waals surface area contributed by atoms with Crippen molar-refractivity contribution in [1.82, 2.24) is 0 Å². The van der Waals surface area contributed by atoms with Crippen molar-refractivity contribution in [2.24, 2.45) is 0 Å². The molecule has 1 rings (SSSR count). The molecule has 1 atom stereocenters. The van der Waals surface area contributed by atoms with Crippen molar-refractivity contribution in [1.29, 1.82) is 0 Å². The minimum atomic E-state index is -0.877. The van der Waals surface area contributed by atoms with Crippen LogP contribution in [0.1, 0.15) is 18.4 Å². The van der Waals surface area contributed by atoms with Crippen LogP contribution in [-0.2, 0) is 4.79 Å². The number of carboxylic acid groups (broad SMARTS) is 1. The molecule has 1 aromatic rings. The van der Waals surface area contributed by atoms with E-state index in [2.05, 4.69) is 12.6 Å². The van der Waals surface area contributed by atoms with Crippen molar-refractivity contribution in [3.05, 3.63) is 28.8 Å². The van der Waals surface area contributed by atoms with Gasteiger partial charge < -0.3 is 5.11 Å². The van der Waals surface area contributed by atoms with Crippen molar-refractivity contribution in [2.45, 2.75) is 17.7 Å². The maximum absolute atomic E-state index is 10.7. The van der Waals surface area contributed by atoms with E-state index in [0.29, 0.717) is 15.5 Å². The Balaban J connectivity index is 3.15. The van der Waals surface area contributed by atoms with Gasteiger partial charge in [-0.15, -0.1) is 12.6 Å². The van der Waals surface area contributed by atoms with Crippen molar-refractivity contribution in [2.75, 3.05) is 0 Å². The number of hydrogen-bond acceptors (Lipinski definition) is 2. The smallest absolute Gasteiger partial charge is 0.310 e. The molecule has 70 valence electrons. The van der Waals surface area contributed by atoms with Crippen molar-refractivity contribution in [3.63, 3.8) is 0 Å². The quantitative estimate of drug-likeness (QED) is 0.746. The molecule has 0 aromatic heterocycles. The van der Waals surface area contributed by atoms with Crippen LogP contribution >= 0.6 is 24.2 Å². The zero-order chi connectivity index (χ0) is 10.0. The van der Waals surface area contributed by atoms with E-state index in [1.165, 1.54) is 0 Å². The van der Waals surface area contributed by atoms with Crippen LogP contribution in [0.3, 0.4) is 0 Å². The first-order chi connectivity index (χ1) is 6.04. The molecule has 0 saturated carbocycles. The van der Waals surface area contributed by atoms with Crippen LogP contribution in [0.2, 0.25) is 5.02 Å². The summed E-state index contributed by atoms with van der Waals surface area (Å²) in [6, 6.07) is 5.12. The van der Waals surface area contributed by atoms with Gasteiger partial charge >= 0.3 is 5.97 Å². The number of aliphatic carboxylic acids is 1. The van der Waals surface area contributed by atoms with Crippen LogP contribution < -0.4 is 0 Å². The Morgan fingerprint density at radius 3 is 2.77 bits per heavy atom. The van der Waals surface area contributed by atoms with E-state index in [0.717, 1.165) is 0 Å². The fourth-order valence-electron chi connectivity index (χ4n) is 1.01. The topological polar surface area (TPSA) is 37.3 Å². The Labute approximate surface area is 86.9 Å². The Bertz CT molecular complexity index is 338. The van der Waals surface area contributed by atoms with E-state index in [-0.39, 0.29) is 0 Å². The zero-order valence-electron chi connectivity index (χ0n) is 6.99. The van der Waals surface area contributed by atoms with Crippen molar-refractivity contribution >= 4 is 30.2 Å². The molecule has 0 saturated heterocycles. The predicted molar refractivity (Wildman–Crippen MR) is 54.8 cm³/mol. The third-order valence-electron chi connectivity index (χ3n) is 1.85. The van der Waals surface area contributed by atoms with Gasteiger partial charge in [-0.1, -0.05) is 23.7 Å². The molecule has 0 spiro atoms. The fourth-order valence-corrected chi connectivity index (χ4v) is 1.54. The summed E-state index contributed by atoms with van der Waals surface area (Å²) in [6.07, 6.45) is 0. The van der Waals surface area contributed by atoms with E-state index in [1.54, 1.807) is 25.1 Å². The predicted octanol–water partition coefficient (Wildman–Crippen LogP) is 2.82. The summed E-state index contributed by atoms with van der Waals surface area (Å²) in [7, 11) is 0.